The standard InChI is InChI=1S/2C11H19NO6S/c2*1-8(13)12-11(10(14)17-2)6-4-9(5-7-11)18-19(3,15)16/h2*9H,4-7H2,1-3H3,(H,12,13). The maximum atomic E-state index is 11.8. The molecule has 2 amide bonds. The molecular formula is C22H38N2O12S2. The fraction of sp³-hybridized carbons (Fsp3) is 0.818. The van der Waals surface area contributed by atoms with Crippen molar-refractivity contribution in [2.75, 3.05) is 26.7 Å². The number of hydrogen-bond acceptors (Lipinski definition) is 12. The molecule has 2 aliphatic rings. The van der Waals surface area contributed by atoms with Gasteiger partial charge in [0.2, 0.25) is 11.8 Å². The zero-order valence-electron chi connectivity index (χ0n) is 22.5. The number of ether oxygens (including phenoxy) is 2. The topological polar surface area (TPSA) is 198 Å². The predicted octanol–water partition coefficient (Wildman–Crippen LogP) is -0.0938. The number of rotatable bonds is 8. The molecule has 14 nitrogen and oxygen atoms in total. The van der Waals surface area contributed by atoms with Gasteiger partial charge >= 0.3 is 11.9 Å². The molecule has 2 rings (SSSR count). The van der Waals surface area contributed by atoms with Crippen molar-refractivity contribution in [1.82, 2.24) is 10.6 Å². The summed E-state index contributed by atoms with van der Waals surface area (Å²) in [5.74, 6) is -1.68. The maximum Gasteiger partial charge on any atom is 0.331 e. The van der Waals surface area contributed by atoms with Crippen LogP contribution in [-0.2, 0) is 57.3 Å². The number of hydrogen-bond donors (Lipinski definition) is 2. The predicted molar refractivity (Wildman–Crippen MR) is 133 cm³/mol. The third-order valence-corrected chi connectivity index (χ3v) is 7.42. The second kappa shape index (κ2) is 13.7. The normalized spacial score (nSPS) is 27.6. The first-order valence-corrected chi connectivity index (χ1v) is 15.5. The Bertz CT molecular complexity index is 986. The second-order valence-corrected chi connectivity index (χ2v) is 12.7. The quantitative estimate of drug-likeness (QED) is 0.283. The SMILES string of the molecule is COC(=O)C1(NC(C)=O)CCC(OS(C)(=O)=O)CC1.COC(=O)C1(NC(C)=O)CCC(OS(C)(=O)=O)CC1. The van der Waals surface area contributed by atoms with Crippen LogP contribution in [0.1, 0.15) is 65.2 Å². The summed E-state index contributed by atoms with van der Waals surface area (Å²) in [5, 5.41) is 5.22. The summed E-state index contributed by atoms with van der Waals surface area (Å²) in [6.45, 7) is 2.65. The Morgan fingerprint density at radius 2 is 0.895 bits per heavy atom. The van der Waals surface area contributed by atoms with Crippen molar-refractivity contribution >= 4 is 44.0 Å². The van der Waals surface area contributed by atoms with Crippen molar-refractivity contribution < 1.29 is 53.9 Å². The molecule has 2 fully saturated rings. The molecule has 0 bridgehead atoms. The molecule has 0 spiro atoms. The lowest BCUT2D eigenvalue weighted by Crippen LogP contribution is -2.57. The van der Waals surface area contributed by atoms with E-state index in [1.807, 2.05) is 0 Å². The van der Waals surface area contributed by atoms with Crippen LogP contribution in [0.4, 0.5) is 0 Å². The van der Waals surface area contributed by atoms with Gasteiger partial charge in [0.15, 0.2) is 0 Å². The lowest BCUT2D eigenvalue weighted by Gasteiger charge is -2.37. The number of methoxy groups -OCH3 is 2. The van der Waals surface area contributed by atoms with Gasteiger partial charge in [-0.3, -0.25) is 18.0 Å². The molecule has 16 heteroatoms. The van der Waals surface area contributed by atoms with Crippen LogP contribution in [0.3, 0.4) is 0 Å². The summed E-state index contributed by atoms with van der Waals surface area (Å²) in [6.07, 6.45) is 3.68. The Kier molecular flexibility index (Phi) is 12.1. The third kappa shape index (κ3) is 10.8. The Morgan fingerprint density at radius 1 is 0.632 bits per heavy atom. The van der Waals surface area contributed by atoms with Crippen molar-refractivity contribution in [3.8, 4) is 0 Å². The van der Waals surface area contributed by atoms with Crippen molar-refractivity contribution in [2.24, 2.45) is 0 Å². The highest BCUT2D eigenvalue weighted by atomic mass is 32.2. The van der Waals surface area contributed by atoms with E-state index in [1.54, 1.807) is 0 Å². The van der Waals surface area contributed by atoms with Crippen LogP contribution in [0.25, 0.3) is 0 Å². The van der Waals surface area contributed by atoms with E-state index in [-0.39, 0.29) is 11.8 Å². The van der Waals surface area contributed by atoms with E-state index in [1.165, 1.54) is 28.1 Å². The van der Waals surface area contributed by atoms with E-state index >= 15 is 0 Å². The highest BCUT2D eigenvalue weighted by Gasteiger charge is 2.45. The molecular weight excluding hydrogens is 548 g/mol. The maximum absolute atomic E-state index is 11.8. The lowest BCUT2D eigenvalue weighted by molar-refractivity contribution is -0.153. The van der Waals surface area contributed by atoms with Crippen molar-refractivity contribution in [2.45, 2.75) is 88.5 Å². The summed E-state index contributed by atoms with van der Waals surface area (Å²) in [5.41, 5.74) is -2.14. The van der Waals surface area contributed by atoms with Crippen LogP contribution in [0.15, 0.2) is 0 Å². The second-order valence-electron chi connectivity index (χ2n) is 9.51. The van der Waals surface area contributed by atoms with Crippen LogP contribution in [0, 0.1) is 0 Å². The summed E-state index contributed by atoms with van der Waals surface area (Å²) in [4.78, 5) is 46.0. The van der Waals surface area contributed by atoms with Crippen LogP contribution in [0.5, 0.6) is 0 Å². The molecule has 38 heavy (non-hydrogen) atoms. The van der Waals surface area contributed by atoms with Crippen LogP contribution >= 0.6 is 0 Å². The van der Waals surface area contributed by atoms with Crippen LogP contribution in [-0.4, -0.2) is 90.6 Å². The molecule has 0 heterocycles. The molecule has 0 aromatic rings. The van der Waals surface area contributed by atoms with Crippen molar-refractivity contribution in [3.63, 3.8) is 0 Å². The Morgan fingerprint density at radius 3 is 1.08 bits per heavy atom. The molecule has 2 saturated carbocycles. The van der Waals surface area contributed by atoms with E-state index in [0.29, 0.717) is 51.4 Å². The van der Waals surface area contributed by atoms with Gasteiger partial charge in [0.05, 0.1) is 38.9 Å². The first-order valence-electron chi connectivity index (χ1n) is 11.9. The summed E-state index contributed by atoms with van der Waals surface area (Å²) >= 11 is 0. The highest BCUT2D eigenvalue weighted by molar-refractivity contribution is 7.86. The molecule has 2 aliphatic carbocycles. The van der Waals surface area contributed by atoms with Gasteiger partial charge in [0.25, 0.3) is 20.2 Å². The van der Waals surface area contributed by atoms with Gasteiger partial charge in [-0.15, -0.1) is 0 Å². The molecule has 0 aromatic heterocycles. The van der Waals surface area contributed by atoms with E-state index in [0.717, 1.165) is 12.5 Å². The van der Waals surface area contributed by atoms with Gasteiger partial charge in [-0.1, -0.05) is 0 Å². The average Bonchev–Trinajstić information content (AvgIpc) is 2.78. The van der Waals surface area contributed by atoms with E-state index < -0.39 is 55.5 Å². The van der Waals surface area contributed by atoms with Crippen LogP contribution in [0.2, 0.25) is 0 Å². The Labute approximate surface area is 223 Å². The largest absolute Gasteiger partial charge is 0.467 e. The number of esters is 2. The fourth-order valence-corrected chi connectivity index (χ4v) is 6.05. The lowest BCUT2D eigenvalue weighted by atomic mass is 9.80. The van der Waals surface area contributed by atoms with E-state index in [4.69, 9.17) is 17.8 Å². The summed E-state index contributed by atoms with van der Waals surface area (Å²) in [6, 6.07) is 0. The van der Waals surface area contributed by atoms with Gasteiger partial charge < -0.3 is 20.1 Å². The van der Waals surface area contributed by atoms with Crippen molar-refractivity contribution in [3.05, 3.63) is 0 Å². The fourth-order valence-electron chi connectivity index (χ4n) is 4.68. The molecule has 220 valence electrons. The minimum absolute atomic E-state index is 0.291. The van der Waals surface area contributed by atoms with Crippen molar-refractivity contribution in [1.29, 1.82) is 0 Å². The van der Waals surface area contributed by atoms with Gasteiger partial charge in [-0.05, 0) is 51.4 Å². The molecule has 0 atom stereocenters. The van der Waals surface area contributed by atoms with E-state index in [9.17, 15) is 36.0 Å². The van der Waals surface area contributed by atoms with Gasteiger partial charge in [-0.2, -0.15) is 16.8 Å². The summed E-state index contributed by atoms with van der Waals surface area (Å²) < 4.78 is 63.4. The Hall–Kier alpha value is -2.30. The molecule has 0 aromatic carbocycles. The monoisotopic (exact) mass is 586 g/mol. The molecule has 2 N–H and O–H groups in total. The van der Waals surface area contributed by atoms with Gasteiger partial charge in [-0.25, -0.2) is 9.59 Å². The first kappa shape index (κ1) is 33.7. The van der Waals surface area contributed by atoms with Crippen LogP contribution < -0.4 is 10.6 Å². The third-order valence-electron chi connectivity index (χ3n) is 6.18. The summed E-state index contributed by atoms with van der Waals surface area (Å²) in [7, 11) is -4.52. The smallest absolute Gasteiger partial charge is 0.331 e. The number of nitrogens with one attached hydrogen (secondary N) is 2. The average molecular weight is 587 g/mol. The Balaban J connectivity index is 0.000000380. The zero-order chi connectivity index (χ0) is 29.4. The van der Waals surface area contributed by atoms with Gasteiger partial charge in [0.1, 0.15) is 11.1 Å². The number of carbonyl (C=O) groups is 4. The molecule has 0 saturated heterocycles. The van der Waals surface area contributed by atoms with E-state index in [2.05, 4.69) is 10.6 Å². The minimum Gasteiger partial charge on any atom is -0.467 e. The number of amides is 2. The number of carbonyl (C=O) groups excluding carboxylic acids is 4. The molecule has 0 radical (unpaired) electrons. The first-order chi connectivity index (χ1) is 17.4. The minimum atomic E-state index is -3.51. The highest BCUT2D eigenvalue weighted by Crippen LogP contribution is 2.33. The molecule has 0 aliphatic heterocycles. The zero-order valence-corrected chi connectivity index (χ0v) is 24.2. The van der Waals surface area contributed by atoms with Gasteiger partial charge in [0, 0.05) is 13.8 Å². The molecule has 0 unspecified atom stereocenters.